The van der Waals surface area contributed by atoms with Crippen molar-refractivity contribution < 1.29 is 13.9 Å². The number of amides is 1. The summed E-state index contributed by atoms with van der Waals surface area (Å²) >= 11 is 0. The molecule has 3 rings (SSSR count). The Labute approximate surface area is 138 Å². The van der Waals surface area contributed by atoms with Crippen LogP contribution in [0.2, 0.25) is 0 Å². The smallest absolute Gasteiger partial charge is 0.256 e. The lowest BCUT2D eigenvalue weighted by Gasteiger charge is -2.05. The van der Waals surface area contributed by atoms with Gasteiger partial charge in [0.05, 0.1) is 13.7 Å². The standard InChI is InChI=1S/C18H16FN3O2/c1-24-15-7-4-6-13(11-15)18(23)20-17-9-10-22(21-17)12-14-5-2-3-8-16(14)19/h2-11H,12H2,1H3,(H,20,21,23). The normalized spacial score (nSPS) is 10.4. The molecule has 0 atom stereocenters. The number of anilines is 1. The van der Waals surface area contributed by atoms with Gasteiger partial charge in [0, 0.05) is 23.4 Å². The number of carbonyl (C=O) groups excluding carboxylic acids is 1. The van der Waals surface area contributed by atoms with Gasteiger partial charge in [0.2, 0.25) is 0 Å². The molecule has 5 nitrogen and oxygen atoms in total. The Kier molecular flexibility index (Phi) is 4.56. The van der Waals surface area contributed by atoms with Gasteiger partial charge in [-0.15, -0.1) is 0 Å². The van der Waals surface area contributed by atoms with Crippen molar-refractivity contribution in [3.63, 3.8) is 0 Å². The van der Waals surface area contributed by atoms with Crippen LogP contribution in [-0.4, -0.2) is 22.8 Å². The van der Waals surface area contributed by atoms with E-state index in [1.807, 2.05) is 0 Å². The number of hydrogen-bond donors (Lipinski definition) is 1. The highest BCUT2D eigenvalue weighted by atomic mass is 19.1. The Morgan fingerprint density at radius 2 is 2.04 bits per heavy atom. The fraction of sp³-hybridized carbons (Fsp3) is 0.111. The minimum Gasteiger partial charge on any atom is -0.497 e. The second-order valence-electron chi connectivity index (χ2n) is 5.18. The number of nitrogens with one attached hydrogen (secondary N) is 1. The van der Waals surface area contributed by atoms with E-state index in [9.17, 15) is 9.18 Å². The molecule has 0 saturated carbocycles. The summed E-state index contributed by atoms with van der Waals surface area (Å²) in [7, 11) is 1.54. The SMILES string of the molecule is COc1cccc(C(=O)Nc2ccn(Cc3ccccc3F)n2)c1. The fourth-order valence-electron chi connectivity index (χ4n) is 2.27. The highest BCUT2D eigenvalue weighted by molar-refractivity contribution is 6.03. The highest BCUT2D eigenvalue weighted by Gasteiger charge is 2.09. The maximum absolute atomic E-state index is 13.7. The molecule has 3 aromatic rings. The molecule has 1 N–H and O–H groups in total. The lowest BCUT2D eigenvalue weighted by atomic mass is 10.2. The molecule has 0 spiro atoms. The summed E-state index contributed by atoms with van der Waals surface area (Å²) in [4.78, 5) is 12.2. The van der Waals surface area contributed by atoms with Gasteiger partial charge in [-0.25, -0.2) is 4.39 Å². The van der Waals surface area contributed by atoms with Crippen LogP contribution in [-0.2, 0) is 6.54 Å². The van der Waals surface area contributed by atoms with Crippen molar-refractivity contribution in [3.05, 3.63) is 77.7 Å². The fourth-order valence-corrected chi connectivity index (χ4v) is 2.27. The van der Waals surface area contributed by atoms with Crippen LogP contribution in [0, 0.1) is 5.82 Å². The average Bonchev–Trinajstić information content (AvgIpc) is 3.04. The van der Waals surface area contributed by atoms with Crippen LogP contribution in [0.5, 0.6) is 5.75 Å². The molecule has 1 amide bonds. The van der Waals surface area contributed by atoms with Crippen LogP contribution in [0.15, 0.2) is 60.8 Å². The Morgan fingerprint density at radius 1 is 1.21 bits per heavy atom. The highest BCUT2D eigenvalue weighted by Crippen LogP contribution is 2.15. The van der Waals surface area contributed by atoms with Crippen molar-refractivity contribution >= 4 is 11.7 Å². The number of ether oxygens (including phenoxy) is 1. The van der Waals surface area contributed by atoms with Crippen LogP contribution in [0.25, 0.3) is 0 Å². The molecular formula is C18H16FN3O2. The third-order valence-corrected chi connectivity index (χ3v) is 3.50. The van der Waals surface area contributed by atoms with Gasteiger partial charge in [-0.2, -0.15) is 5.10 Å². The van der Waals surface area contributed by atoms with Gasteiger partial charge in [0.25, 0.3) is 5.91 Å². The van der Waals surface area contributed by atoms with Gasteiger partial charge in [-0.1, -0.05) is 24.3 Å². The third kappa shape index (κ3) is 3.60. The van der Waals surface area contributed by atoms with E-state index in [1.165, 1.54) is 6.07 Å². The molecule has 6 heteroatoms. The lowest BCUT2D eigenvalue weighted by Crippen LogP contribution is -2.13. The quantitative estimate of drug-likeness (QED) is 0.783. The van der Waals surface area contributed by atoms with Crippen LogP contribution in [0.3, 0.4) is 0 Å². The van der Waals surface area contributed by atoms with E-state index in [2.05, 4.69) is 10.4 Å². The van der Waals surface area contributed by atoms with Crippen LogP contribution < -0.4 is 10.1 Å². The van der Waals surface area contributed by atoms with Crippen LogP contribution in [0.1, 0.15) is 15.9 Å². The molecule has 2 aromatic carbocycles. The molecule has 1 heterocycles. The summed E-state index contributed by atoms with van der Waals surface area (Å²) in [6, 6.07) is 15.0. The molecule has 24 heavy (non-hydrogen) atoms. The predicted molar refractivity (Wildman–Crippen MR) is 88.7 cm³/mol. The predicted octanol–water partition coefficient (Wildman–Crippen LogP) is 3.33. The molecule has 0 radical (unpaired) electrons. The molecule has 0 fully saturated rings. The molecule has 0 saturated heterocycles. The Hall–Kier alpha value is -3.15. The Morgan fingerprint density at radius 3 is 2.83 bits per heavy atom. The first kappa shape index (κ1) is 15.7. The van der Waals surface area contributed by atoms with Crippen LogP contribution in [0.4, 0.5) is 10.2 Å². The number of nitrogens with zero attached hydrogens (tertiary/aromatic N) is 2. The van der Waals surface area contributed by atoms with E-state index in [1.54, 1.807) is 66.5 Å². The maximum atomic E-state index is 13.7. The monoisotopic (exact) mass is 325 g/mol. The van der Waals surface area contributed by atoms with Gasteiger partial charge in [0.1, 0.15) is 11.6 Å². The number of benzene rings is 2. The van der Waals surface area contributed by atoms with E-state index < -0.39 is 0 Å². The summed E-state index contributed by atoms with van der Waals surface area (Å²) in [6.07, 6.45) is 1.69. The lowest BCUT2D eigenvalue weighted by molar-refractivity contribution is 0.102. The summed E-state index contributed by atoms with van der Waals surface area (Å²) in [6.45, 7) is 0.293. The van der Waals surface area contributed by atoms with Crippen molar-refractivity contribution in [1.82, 2.24) is 9.78 Å². The molecule has 0 bridgehead atoms. The van der Waals surface area contributed by atoms with Gasteiger partial charge in [-0.05, 0) is 24.3 Å². The van der Waals surface area contributed by atoms with Crippen molar-refractivity contribution in [2.24, 2.45) is 0 Å². The van der Waals surface area contributed by atoms with E-state index in [0.29, 0.717) is 29.2 Å². The average molecular weight is 325 g/mol. The Balaban J connectivity index is 1.69. The van der Waals surface area contributed by atoms with E-state index in [0.717, 1.165) is 0 Å². The molecular weight excluding hydrogens is 309 g/mol. The van der Waals surface area contributed by atoms with E-state index in [-0.39, 0.29) is 11.7 Å². The van der Waals surface area contributed by atoms with Crippen LogP contribution >= 0.6 is 0 Å². The number of hydrogen-bond acceptors (Lipinski definition) is 3. The topological polar surface area (TPSA) is 56.1 Å². The number of halogens is 1. The zero-order valence-electron chi connectivity index (χ0n) is 13.1. The first-order valence-electron chi connectivity index (χ1n) is 7.38. The molecule has 0 aliphatic carbocycles. The number of rotatable bonds is 5. The number of carbonyl (C=O) groups is 1. The van der Waals surface area contributed by atoms with Gasteiger partial charge in [0.15, 0.2) is 5.82 Å². The second-order valence-corrected chi connectivity index (χ2v) is 5.18. The first-order valence-corrected chi connectivity index (χ1v) is 7.38. The molecule has 1 aromatic heterocycles. The Bertz CT molecular complexity index is 861. The zero-order chi connectivity index (χ0) is 16.9. The van der Waals surface area contributed by atoms with Crippen molar-refractivity contribution in [3.8, 4) is 5.75 Å². The molecule has 0 aliphatic heterocycles. The number of aromatic nitrogens is 2. The summed E-state index contributed by atoms with van der Waals surface area (Å²) < 4.78 is 20.3. The summed E-state index contributed by atoms with van der Waals surface area (Å²) in [5.41, 5.74) is 1.00. The molecule has 0 unspecified atom stereocenters. The minimum atomic E-state index is -0.287. The largest absolute Gasteiger partial charge is 0.497 e. The van der Waals surface area contributed by atoms with Gasteiger partial charge < -0.3 is 10.1 Å². The number of methoxy groups -OCH3 is 1. The van der Waals surface area contributed by atoms with Crippen molar-refractivity contribution in [2.45, 2.75) is 6.54 Å². The van der Waals surface area contributed by atoms with Gasteiger partial charge >= 0.3 is 0 Å². The summed E-state index contributed by atoms with van der Waals surface area (Å²) in [5.74, 6) is 0.437. The van der Waals surface area contributed by atoms with Crippen molar-refractivity contribution in [1.29, 1.82) is 0 Å². The second kappa shape index (κ2) is 6.95. The molecule has 0 aliphatic rings. The van der Waals surface area contributed by atoms with Crippen molar-refractivity contribution in [2.75, 3.05) is 12.4 Å². The van der Waals surface area contributed by atoms with Gasteiger partial charge in [-0.3, -0.25) is 9.48 Å². The zero-order valence-corrected chi connectivity index (χ0v) is 13.1. The third-order valence-electron chi connectivity index (χ3n) is 3.50. The van der Waals surface area contributed by atoms with E-state index >= 15 is 0 Å². The maximum Gasteiger partial charge on any atom is 0.256 e. The van der Waals surface area contributed by atoms with E-state index in [4.69, 9.17) is 4.74 Å². The molecule has 122 valence electrons. The summed E-state index contributed by atoms with van der Waals surface area (Å²) in [5, 5.41) is 6.95. The first-order chi connectivity index (χ1) is 11.7. The minimum absolute atomic E-state index is 0.282.